The molecule has 8 heteroatoms. The van der Waals surface area contributed by atoms with E-state index in [1.54, 1.807) is 23.5 Å². The molecule has 0 bridgehead atoms. The van der Waals surface area contributed by atoms with Crippen LogP contribution in [0, 0.1) is 5.82 Å². The topological polar surface area (TPSA) is 64.3 Å². The van der Waals surface area contributed by atoms with Gasteiger partial charge in [-0.15, -0.1) is 0 Å². The first-order chi connectivity index (χ1) is 12.0. The van der Waals surface area contributed by atoms with Gasteiger partial charge in [-0.05, 0) is 42.8 Å². The highest BCUT2D eigenvalue weighted by Gasteiger charge is 2.19. The molecule has 25 heavy (non-hydrogen) atoms. The number of rotatable bonds is 6. The Labute approximate surface area is 154 Å². The van der Waals surface area contributed by atoms with Gasteiger partial charge in [-0.3, -0.25) is 8.49 Å². The summed E-state index contributed by atoms with van der Waals surface area (Å²) in [5.41, 5.74) is 7.81. The summed E-state index contributed by atoms with van der Waals surface area (Å²) in [6, 6.07) is 6.24. The number of halogens is 1. The van der Waals surface area contributed by atoms with E-state index in [2.05, 4.69) is 29.5 Å². The summed E-state index contributed by atoms with van der Waals surface area (Å²) < 4.78 is 20.0. The highest BCUT2D eigenvalue weighted by molar-refractivity contribution is 7.96. The molecule has 0 unspecified atom stereocenters. The van der Waals surface area contributed by atoms with E-state index < -0.39 is 0 Å². The van der Waals surface area contributed by atoms with Crippen molar-refractivity contribution in [1.82, 2.24) is 9.97 Å². The van der Waals surface area contributed by atoms with Crippen molar-refractivity contribution in [3.8, 4) is 11.3 Å². The van der Waals surface area contributed by atoms with Crippen LogP contribution in [0.1, 0.15) is 31.0 Å². The van der Waals surface area contributed by atoms with Crippen LogP contribution >= 0.6 is 12.2 Å². The molecule has 1 aromatic carbocycles. The molecule has 1 aromatic heterocycles. The van der Waals surface area contributed by atoms with Crippen LogP contribution in [0.15, 0.2) is 24.3 Å². The first kappa shape index (κ1) is 21.4. The third kappa shape index (κ3) is 5.42. The average Bonchev–Trinajstić information content (AvgIpc) is 2.63. The van der Waals surface area contributed by atoms with Crippen LogP contribution in [0.4, 0.5) is 10.3 Å². The molecule has 0 aliphatic carbocycles. The fourth-order valence-corrected chi connectivity index (χ4v) is 2.67. The molecule has 0 saturated carbocycles. The van der Waals surface area contributed by atoms with Gasteiger partial charge in [0.2, 0.25) is 5.95 Å². The van der Waals surface area contributed by atoms with Crippen LogP contribution in [0.2, 0.25) is 0 Å². The Morgan fingerprint density at radius 3 is 2.32 bits per heavy atom. The predicted octanol–water partition coefficient (Wildman–Crippen LogP) is 3.30. The Kier molecular flexibility index (Phi) is 8.89. The number of benzene rings is 1. The van der Waals surface area contributed by atoms with Crippen LogP contribution in [-0.4, -0.2) is 39.0 Å². The second kappa shape index (κ2) is 10.4. The molecule has 0 fully saturated rings. The molecule has 2 aromatic rings. The van der Waals surface area contributed by atoms with Crippen molar-refractivity contribution in [1.29, 1.82) is 0 Å². The number of hydrogen-bond donors (Lipinski definition) is 1. The minimum absolute atomic E-state index is 0.190. The van der Waals surface area contributed by atoms with Crippen molar-refractivity contribution in [3.63, 3.8) is 0 Å². The summed E-state index contributed by atoms with van der Waals surface area (Å²) in [5, 5.41) is 0. The lowest BCUT2D eigenvalue weighted by atomic mass is 9.88. The summed E-state index contributed by atoms with van der Waals surface area (Å²) in [7, 11) is 10.9. The Bertz CT molecular complexity index is 670. The van der Waals surface area contributed by atoms with Gasteiger partial charge in [-0.25, -0.2) is 14.4 Å². The first-order valence-electron chi connectivity index (χ1n) is 7.87. The zero-order valence-electron chi connectivity index (χ0n) is 15.3. The molecular weight excluding hydrogens is 338 g/mol. The van der Waals surface area contributed by atoms with Gasteiger partial charge in [-0.2, -0.15) is 0 Å². The van der Waals surface area contributed by atoms with Crippen molar-refractivity contribution < 1.29 is 8.57 Å². The van der Waals surface area contributed by atoms with Crippen LogP contribution in [0.25, 0.3) is 11.3 Å². The fourth-order valence-electron chi connectivity index (χ4n) is 2.30. The van der Waals surface area contributed by atoms with Gasteiger partial charge in [0.25, 0.3) is 0 Å². The zero-order valence-corrected chi connectivity index (χ0v) is 16.1. The second-order valence-electron chi connectivity index (χ2n) is 5.34. The van der Waals surface area contributed by atoms with E-state index in [4.69, 9.17) is 12.0 Å². The largest absolute Gasteiger partial charge is 0.333 e. The van der Waals surface area contributed by atoms with Crippen LogP contribution in [-0.2, 0) is 10.5 Å². The summed E-state index contributed by atoms with van der Waals surface area (Å²) in [6.07, 6.45) is 0.321. The van der Waals surface area contributed by atoms with E-state index >= 15 is 0 Å². The molecule has 2 N–H and O–H groups in total. The predicted molar refractivity (Wildman–Crippen MR) is 104 cm³/mol. The van der Waals surface area contributed by atoms with Gasteiger partial charge in [0.15, 0.2) is 0 Å². The summed E-state index contributed by atoms with van der Waals surface area (Å²) >= 11 is 1.14. The van der Waals surface area contributed by atoms with Gasteiger partial charge < -0.3 is 5.73 Å². The van der Waals surface area contributed by atoms with Gasteiger partial charge in [-0.1, -0.05) is 20.2 Å². The third-order valence-electron chi connectivity index (χ3n) is 3.36. The van der Waals surface area contributed by atoms with Gasteiger partial charge in [0, 0.05) is 12.6 Å². The molecule has 0 amide bonds. The Hall–Kier alpha value is -1.64. The smallest absolute Gasteiger partial charge is 0.237 e. The SMILES string of the molecule is CN.[B]Cc1c(-c2ccc(F)cc2)nc(N(C)SOC)nc1C(C)C. The molecule has 1 heterocycles. The average molecular weight is 362 g/mol. The van der Waals surface area contributed by atoms with Gasteiger partial charge in [0.05, 0.1) is 26.3 Å². The Balaban J connectivity index is 0.00000151. The quantitative estimate of drug-likeness (QED) is 0.483. The fraction of sp³-hybridized carbons (Fsp3) is 0.412. The lowest BCUT2D eigenvalue weighted by molar-refractivity contribution is 0.488. The van der Waals surface area contributed by atoms with Crippen molar-refractivity contribution in [2.75, 3.05) is 25.5 Å². The van der Waals surface area contributed by atoms with Crippen LogP contribution < -0.4 is 10.0 Å². The minimum Gasteiger partial charge on any atom is -0.333 e. The molecule has 0 spiro atoms. The van der Waals surface area contributed by atoms with Gasteiger partial charge in [0.1, 0.15) is 18.0 Å². The second-order valence-corrected chi connectivity index (χ2v) is 6.37. The highest BCUT2D eigenvalue weighted by atomic mass is 32.2. The van der Waals surface area contributed by atoms with E-state index in [0.29, 0.717) is 12.3 Å². The molecule has 0 aliphatic heterocycles. The van der Waals surface area contributed by atoms with Crippen molar-refractivity contribution in [3.05, 3.63) is 41.3 Å². The van der Waals surface area contributed by atoms with E-state index in [1.165, 1.54) is 19.2 Å². The molecule has 2 radical (unpaired) electrons. The first-order valence-corrected chi connectivity index (χ1v) is 8.56. The number of anilines is 1. The van der Waals surface area contributed by atoms with E-state index in [-0.39, 0.29) is 11.7 Å². The zero-order chi connectivity index (χ0) is 19.0. The molecule has 5 nitrogen and oxygen atoms in total. The van der Waals surface area contributed by atoms with E-state index in [1.807, 2.05) is 7.05 Å². The third-order valence-corrected chi connectivity index (χ3v) is 3.90. The maximum atomic E-state index is 13.2. The van der Waals surface area contributed by atoms with Crippen molar-refractivity contribution in [2.45, 2.75) is 26.1 Å². The molecule has 0 saturated heterocycles. The van der Waals surface area contributed by atoms with E-state index in [0.717, 1.165) is 34.7 Å². The molecule has 0 atom stereocenters. The number of nitrogens with zero attached hydrogens (tertiary/aromatic N) is 3. The van der Waals surface area contributed by atoms with Gasteiger partial charge >= 0.3 is 0 Å². The van der Waals surface area contributed by atoms with Crippen molar-refractivity contribution >= 4 is 26.0 Å². The lowest BCUT2D eigenvalue weighted by Gasteiger charge is -2.20. The monoisotopic (exact) mass is 362 g/mol. The summed E-state index contributed by atoms with van der Waals surface area (Å²) in [5.74, 6) is 0.431. The van der Waals surface area contributed by atoms with Crippen LogP contribution in [0.5, 0.6) is 0 Å². The standard InChI is InChI=1S/C16H19BFN3OS.CH5N/c1-10(2)14-13(9-17)15(11-5-7-12(18)8-6-11)20-16(19-14)21(3)23-22-4;1-2/h5-8,10H,9H2,1-4H3;2H2,1H3. The Morgan fingerprint density at radius 1 is 1.24 bits per heavy atom. The summed E-state index contributed by atoms with van der Waals surface area (Å²) in [4.78, 5) is 9.24. The van der Waals surface area contributed by atoms with Crippen molar-refractivity contribution in [2.24, 2.45) is 5.73 Å². The number of nitrogens with two attached hydrogens (primary N) is 1. The molecule has 0 aliphatic rings. The minimum atomic E-state index is -0.284. The maximum Gasteiger partial charge on any atom is 0.237 e. The molecule has 2 rings (SSSR count). The highest BCUT2D eigenvalue weighted by Crippen LogP contribution is 2.31. The van der Waals surface area contributed by atoms with E-state index in [9.17, 15) is 4.39 Å². The number of aromatic nitrogens is 2. The number of hydrogen-bond acceptors (Lipinski definition) is 6. The maximum absolute atomic E-state index is 13.2. The Morgan fingerprint density at radius 2 is 1.84 bits per heavy atom. The normalized spacial score (nSPS) is 10.4. The summed E-state index contributed by atoms with van der Waals surface area (Å²) in [6.45, 7) is 4.12. The lowest BCUT2D eigenvalue weighted by Crippen LogP contribution is -2.15. The molecular formula is C17H24BFN4OS. The molecule has 134 valence electrons. The van der Waals surface area contributed by atoms with Crippen LogP contribution in [0.3, 0.4) is 0 Å².